The van der Waals surface area contributed by atoms with Crippen LogP contribution in [0.4, 0.5) is 0 Å². The quantitative estimate of drug-likeness (QED) is 0.703. The zero-order chi connectivity index (χ0) is 9.26. The SMILES string of the molecule is O=C(O)c1ccc([C@H]2CCN2)cn1. The summed E-state index contributed by atoms with van der Waals surface area (Å²) in [4.78, 5) is 14.3. The number of carboxylic acids is 1. The standard InChI is InChI=1S/C9H10N2O2/c12-9(13)8-2-1-6(5-11-8)7-3-4-10-7/h1-2,5,7,10H,3-4H2,(H,12,13)/t7-/m1/s1. The molecule has 1 aromatic rings. The second-order valence-electron chi connectivity index (χ2n) is 3.08. The van der Waals surface area contributed by atoms with Gasteiger partial charge in [0.1, 0.15) is 5.69 Å². The second kappa shape index (κ2) is 3.14. The zero-order valence-corrected chi connectivity index (χ0v) is 7.03. The minimum Gasteiger partial charge on any atom is -0.477 e. The van der Waals surface area contributed by atoms with Crippen LogP contribution in [-0.2, 0) is 0 Å². The highest BCUT2D eigenvalue weighted by atomic mass is 16.4. The van der Waals surface area contributed by atoms with E-state index in [9.17, 15) is 4.79 Å². The summed E-state index contributed by atoms with van der Waals surface area (Å²) in [7, 11) is 0. The summed E-state index contributed by atoms with van der Waals surface area (Å²) in [5.74, 6) is -0.979. The largest absolute Gasteiger partial charge is 0.477 e. The van der Waals surface area contributed by atoms with Gasteiger partial charge in [-0.05, 0) is 24.6 Å². The minimum absolute atomic E-state index is 0.100. The van der Waals surface area contributed by atoms with Crippen LogP contribution in [0, 0.1) is 0 Å². The molecule has 1 aliphatic rings. The van der Waals surface area contributed by atoms with Gasteiger partial charge in [-0.1, -0.05) is 6.07 Å². The average Bonchev–Trinajstić information content (AvgIpc) is 2.02. The van der Waals surface area contributed by atoms with E-state index in [-0.39, 0.29) is 5.69 Å². The number of carbonyl (C=O) groups is 1. The molecule has 2 heterocycles. The molecule has 0 radical (unpaired) electrons. The van der Waals surface area contributed by atoms with Gasteiger partial charge in [-0.15, -0.1) is 0 Å². The fourth-order valence-electron chi connectivity index (χ4n) is 1.31. The molecule has 0 bridgehead atoms. The van der Waals surface area contributed by atoms with E-state index in [1.54, 1.807) is 6.20 Å². The van der Waals surface area contributed by atoms with E-state index >= 15 is 0 Å². The van der Waals surface area contributed by atoms with E-state index in [4.69, 9.17) is 5.11 Å². The van der Waals surface area contributed by atoms with E-state index in [0.29, 0.717) is 6.04 Å². The van der Waals surface area contributed by atoms with Crippen molar-refractivity contribution in [3.63, 3.8) is 0 Å². The van der Waals surface area contributed by atoms with E-state index in [1.807, 2.05) is 6.07 Å². The predicted octanol–water partition coefficient (Wildman–Crippen LogP) is 0.814. The van der Waals surface area contributed by atoms with Gasteiger partial charge in [0.2, 0.25) is 0 Å². The molecule has 0 saturated carbocycles. The molecule has 2 rings (SSSR count). The normalized spacial score (nSPS) is 20.8. The maximum atomic E-state index is 10.5. The number of hydrogen-bond acceptors (Lipinski definition) is 3. The van der Waals surface area contributed by atoms with Crippen molar-refractivity contribution in [3.05, 3.63) is 29.6 Å². The first-order valence-electron chi connectivity index (χ1n) is 4.20. The lowest BCUT2D eigenvalue weighted by Crippen LogP contribution is -2.35. The van der Waals surface area contributed by atoms with E-state index in [2.05, 4.69) is 10.3 Å². The second-order valence-corrected chi connectivity index (χ2v) is 3.08. The zero-order valence-electron chi connectivity index (χ0n) is 7.03. The molecule has 4 heteroatoms. The number of nitrogens with zero attached hydrogens (tertiary/aromatic N) is 1. The van der Waals surface area contributed by atoms with Gasteiger partial charge in [0.15, 0.2) is 0 Å². The Bertz CT molecular complexity index is 317. The van der Waals surface area contributed by atoms with Gasteiger partial charge in [-0.2, -0.15) is 0 Å². The number of hydrogen-bond donors (Lipinski definition) is 2. The molecule has 0 aliphatic carbocycles. The Kier molecular flexibility index (Phi) is 1.98. The smallest absolute Gasteiger partial charge is 0.354 e. The molecular formula is C9H10N2O2. The molecule has 0 aromatic carbocycles. The van der Waals surface area contributed by atoms with Crippen LogP contribution in [0.5, 0.6) is 0 Å². The molecule has 0 spiro atoms. The van der Waals surface area contributed by atoms with E-state index in [1.165, 1.54) is 6.07 Å². The third-order valence-corrected chi connectivity index (χ3v) is 2.23. The highest BCUT2D eigenvalue weighted by molar-refractivity contribution is 5.85. The van der Waals surface area contributed by atoms with Crippen LogP contribution < -0.4 is 5.32 Å². The lowest BCUT2D eigenvalue weighted by molar-refractivity contribution is 0.0690. The predicted molar refractivity (Wildman–Crippen MR) is 46.6 cm³/mol. The molecule has 1 fully saturated rings. The number of aromatic nitrogens is 1. The molecule has 13 heavy (non-hydrogen) atoms. The first-order chi connectivity index (χ1) is 6.27. The minimum atomic E-state index is -0.979. The van der Waals surface area contributed by atoms with Crippen LogP contribution in [0.1, 0.15) is 28.5 Å². The molecule has 4 nitrogen and oxygen atoms in total. The van der Waals surface area contributed by atoms with Crippen molar-refractivity contribution in [2.24, 2.45) is 0 Å². The van der Waals surface area contributed by atoms with Crippen molar-refractivity contribution in [3.8, 4) is 0 Å². The Morgan fingerprint density at radius 3 is 2.77 bits per heavy atom. The van der Waals surface area contributed by atoms with E-state index < -0.39 is 5.97 Å². The van der Waals surface area contributed by atoms with Crippen molar-refractivity contribution in [1.29, 1.82) is 0 Å². The molecule has 68 valence electrons. The van der Waals surface area contributed by atoms with Crippen LogP contribution in [-0.4, -0.2) is 22.6 Å². The average molecular weight is 178 g/mol. The summed E-state index contributed by atoms with van der Waals surface area (Å²) in [5, 5.41) is 11.8. The van der Waals surface area contributed by atoms with Crippen molar-refractivity contribution in [2.45, 2.75) is 12.5 Å². The summed E-state index contributed by atoms with van der Waals surface area (Å²) in [5.41, 5.74) is 1.17. The van der Waals surface area contributed by atoms with E-state index in [0.717, 1.165) is 18.5 Å². The molecule has 1 atom stereocenters. The third-order valence-electron chi connectivity index (χ3n) is 2.23. The fourth-order valence-corrected chi connectivity index (χ4v) is 1.31. The van der Waals surface area contributed by atoms with Crippen LogP contribution >= 0.6 is 0 Å². The Morgan fingerprint density at radius 1 is 1.62 bits per heavy atom. The number of nitrogens with one attached hydrogen (secondary N) is 1. The van der Waals surface area contributed by atoms with Crippen LogP contribution in [0.15, 0.2) is 18.3 Å². The van der Waals surface area contributed by atoms with Gasteiger partial charge < -0.3 is 10.4 Å². The topological polar surface area (TPSA) is 62.2 Å². The highest BCUT2D eigenvalue weighted by Gasteiger charge is 2.18. The van der Waals surface area contributed by atoms with Gasteiger partial charge in [0.05, 0.1) is 0 Å². The molecule has 2 N–H and O–H groups in total. The summed E-state index contributed by atoms with van der Waals surface area (Å²) >= 11 is 0. The van der Waals surface area contributed by atoms with Crippen molar-refractivity contribution < 1.29 is 9.90 Å². The Morgan fingerprint density at radius 2 is 2.38 bits per heavy atom. The monoisotopic (exact) mass is 178 g/mol. The van der Waals surface area contributed by atoms with Crippen LogP contribution in [0.3, 0.4) is 0 Å². The maximum Gasteiger partial charge on any atom is 0.354 e. The first-order valence-corrected chi connectivity index (χ1v) is 4.20. The Labute approximate surface area is 75.6 Å². The highest BCUT2D eigenvalue weighted by Crippen LogP contribution is 2.21. The summed E-state index contributed by atoms with van der Waals surface area (Å²) < 4.78 is 0. The molecular weight excluding hydrogens is 168 g/mol. The fraction of sp³-hybridized carbons (Fsp3) is 0.333. The Hall–Kier alpha value is -1.42. The third kappa shape index (κ3) is 1.53. The molecule has 0 unspecified atom stereocenters. The molecule has 0 amide bonds. The molecule has 1 aromatic heterocycles. The summed E-state index contributed by atoms with van der Waals surface area (Å²) in [6.07, 6.45) is 2.73. The van der Waals surface area contributed by atoms with Gasteiger partial charge >= 0.3 is 5.97 Å². The lowest BCUT2D eigenvalue weighted by atomic mass is 10.00. The van der Waals surface area contributed by atoms with Gasteiger partial charge in [-0.25, -0.2) is 9.78 Å². The summed E-state index contributed by atoms with van der Waals surface area (Å²) in [6, 6.07) is 3.72. The molecule has 1 saturated heterocycles. The van der Waals surface area contributed by atoms with Crippen molar-refractivity contribution in [1.82, 2.24) is 10.3 Å². The first kappa shape index (κ1) is 8.19. The van der Waals surface area contributed by atoms with Gasteiger partial charge in [-0.3, -0.25) is 0 Å². The van der Waals surface area contributed by atoms with Crippen molar-refractivity contribution in [2.75, 3.05) is 6.54 Å². The number of rotatable bonds is 2. The Balaban J connectivity index is 2.17. The van der Waals surface area contributed by atoms with Gasteiger partial charge in [0.25, 0.3) is 0 Å². The number of carboxylic acid groups (broad SMARTS) is 1. The van der Waals surface area contributed by atoms with Gasteiger partial charge in [0, 0.05) is 12.2 Å². The maximum absolute atomic E-state index is 10.5. The lowest BCUT2D eigenvalue weighted by Gasteiger charge is -2.27. The number of pyridine rings is 1. The number of aromatic carboxylic acids is 1. The van der Waals surface area contributed by atoms with Crippen molar-refractivity contribution >= 4 is 5.97 Å². The molecule has 1 aliphatic heterocycles. The van der Waals surface area contributed by atoms with Crippen LogP contribution in [0.25, 0.3) is 0 Å². The summed E-state index contributed by atoms with van der Waals surface area (Å²) in [6.45, 7) is 1.03. The van der Waals surface area contributed by atoms with Crippen LogP contribution in [0.2, 0.25) is 0 Å².